The second kappa shape index (κ2) is 4.94. The standard InChI is InChI=1S/C15H15NOS/c17-15(16-9-4-5-10-16)14-13(8-11-18-14)12-6-2-1-3-7-12/h1-3,6-8,11H,4-5,9-10H2. The van der Waals surface area contributed by atoms with E-state index in [2.05, 4.69) is 12.1 Å². The van der Waals surface area contributed by atoms with Gasteiger partial charge in [-0.25, -0.2) is 0 Å². The zero-order valence-electron chi connectivity index (χ0n) is 10.1. The molecule has 1 saturated heterocycles. The summed E-state index contributed by atoms with van der Waals surface area (Å²) >= 11 is 1.55. The maximum Gasteiger partial charge on any atom is 0.264 e. The van der Waals surface area contributed by atoms with E-state index in [0.717, 1.165) is 41.9 Å². The number of thiophene rings is 1. The van der Waals surface area contributed by atoms with E-state index < -0.39 is 0 Å². The minimum atomic E-state index is 0.196. The summed E-state index contributed by atoms with van der Waals surface area (Å²) < 4.78 is 0. The highest BCUT2D eigenvalue weighted by molar-refractivity contribution is 7.12. The fraction of sp³-hybridized carbons (Fsp3) is 0.267. The minimum absolute atomic E-state index is 0.196. The van der Waals surface area contributed by atoms with Crippen LogP contribution >= 0.6 is 11.3 Å². The van der Waals surface area contributed by atoms with Crippen LogP contribution in [-0.4, -0.2) is 23.9 Å². The van der Waals surface area contributed by atoms with Crippen molar-refractivity contribution < 1.29 is 4.79 Å². The van der Waals surface area contributed by atoms with Crippen LogP contribution in [0.3, 0.4) is 0 Å². The number of hydrogen-bond acceptors (Lipinski definition) is 2. The van der Waals surface area contributed by atoms with Gasteiger partial charge in [0.25, 0.3) is 5.91 Å². The molecular formula is C15H15NOS. The molecule has 2 heterocycles. The predicted octanol–water partition coefficient (Wildman–Crippen LogP) is 3.65. The Kier molecular flexibility index (Phi) is 3.15. The summed E-state index contributed by atoms with van der Waals surface area (Å²) in [5.41, 5.74) is 2.19. The van der Waals surface area contributed by atoms with Crippen LogP contribution in [0.4, 0.5) is 0 Å². The van der Waals surface area contributed by atoms with Crippen molar-refractivity contribution >= 4 is 17.2 Å². The van der Waals surface area contributed by atoms with Gasteiger partial charge in [0, 0.05) is 18.7 Å². The van der Waals surface area contributed by atoms with E-state index in [1.807, 2.05) is 34.5 Å². The molecule has 1 amide bonds. The van der Waals surface area contributed by atoms with Gasteiger partial charge >= 0.3 is 0 Å². The van der Waals surface area contributed by atoms with Gasteiger partial charge in [-0.15, -0.1) is 11.3 Å². The number of hydrogen-bond donors (Lipinski definition) is 0. The summed E-state index contributed by atoms with van der Waals surface area (Å²) in [5.74, 6) is 0.196. The second-order valence-corrected chi connectivity index (χ2v) is 5.44. The maximum absolute atomic E-state index is 12.4. The fourth-order valence-corrected chi connectivity index (χ4v) is 3.27. The van der Waals surface area contributed by atoms with Crippen molar-refractivity contribution in [3.8, 4) is 11.1 Å². The molecular weight excluding hydrogens is 242 g/mol. The quantitative estimate of drug-likeness (QED) is 0.804. The molecule has 0 radical (unpaired) electrons. The normalized spacial score (nSPS) is 15.0. The zero-order chi connectivity index (χ0) is 12.4. The highest BCUT2D eigenvalue weighted by Crippen LogP contribution is 2.30. The Balaban J connectivity index is 1.94. The first-order chi connectivity index (χ1) is 8.86. The molecule has 0 aliphatic carbocycles. The van der Waals surface area contributed by atoms with Crippen molar-refractivity contribution in [2.45, 2.75) is 12.8 Å². The average molecular weight is 257 g/mol. The summed E-state index contributed by atoms with van der Waals surface area (Å²) in [6.07, 6.45) is 2.27. The topological polar surface area (TPSA) is 20.3 Å². The maximum atomic E-state index is 12.4. The third-order valence-electron chi connectivity index (χ3n) is 3.34. The van der Waals surface area contributed by atoms with Gasteiger partial charge < -0.3 is 4.90 Å². The van der Waals surface area contributed by atoms with Gasteiger partial charge in [0.2, 0.25) is 0 Å². The van der Waals surface area contributed by atoms with Gasteiger partial charge in [-0.2, -0.15) is 0 Å². The smallest absolute Gasteiger partial charge is 0.264 e. The van der Waals surface area contributed by atoms with Crippen LogP contribution in [0.25, 0.3) is 11.1 Å². The molecule has 1 aromatic carbocycles. The molecule has 0 unspecified atom stereocenters. The average Bonchev–Trinajstić information content (AvgIpc) is 3.10. The lowest BCUT2D eigenvalue weighted by molar-refractivity contribution is 0.0798. The van der Waals surface area contributed by atoms with Gasteiger partial charge in [-0.1, -0.05) is 30.3 Å². The highest BCUT2D eigenvalue weighted by atomic mass is 32.1. The van der Waals surface area contributed by atoms with Crippen molar-refractivity contribution in [2.24, 2.45) is 0 Å². The van der Waals surface area contributed by atoms with E-state index in [0.29, 0.717) is 0 Å². The Morgan fingerprint density at radius 3 is 2.50 bits per heavy atom. The number of carbonyl (C=O) groups excluding carboxylic acids is 1. The van der Waals surface area contributed by atoms with Crippen molar-refractivity contribution in [3.05, 3.63) is 46.7 Å². The van der Waals surface area contributed by atoms with Gasteiger partial charge in [0.05, 0.1) is 4.88 Å². The molecule has 0 spiro atoms. The van der Waals surface area contributed by atoms with E-state index in [1.165, 1.54) is 0 Å². The molecule has 0 bridgehead atoms. The number of likely N-dealkylation sites (tertiary alicyclic amines) is 1. The van der Waals surface area contributed by atoms with Crippen LogP contribution in [0.1, 0.15) is 22.5 Å². The third kappa shape index (κ3) is 2.06. The van der Waals surface area contributed by atoms with Crippen molar-refractivity contribution in [1.82, 2.24) is 4.90 Å². The van der Waals surface area contributed by atoms with Gasteiger partial charge in [-0.05, 0) is 29.9 Å². The Hall–Kier alpha value is -1.61. The van der Waals surface area contributed by atoms with Crippen molar-refractivity contribution in [1.29, 1.82) is 0 Å². The van der Waals surface area contributed by atoms with Crippen LogP contribution in [0, 0.1) is 0 Å². The molecule has 0 saturated carbocycles. The van der Waals surface area contributed by atoms with Crippen LogP contribution < -0.4 is 0 Å². The summed E-state index contributed by atoms with van der Waals surface area (Å²) in [7, 11) is 0. The van der Waals surface area contributed by atoms with E-state index >= 15 is 0 Å². The van der Waals surface area contributed by atoms with Crippen LogP contribution in [0.5, 0.6) is 0 Å². The third-order valence-corrected chi connectivity index (χ3v) is 4.24. The summed E-state index contributed by atoms with van der Waals surface area (Å²) in [5, 5.41) is 2.01. The largest absolute Gasteiger partial charge is 0.338 e. The van der Waals surface area contributed by atoms with Crippen molar-refractivity contribution in [3.63, 3.8) is 0 Å². The van der Waals surface area contributed by atoms with E-state index in [-0.39, 0.29) is 5.91 Å². The highest BCUT2D eigenvalue weighted by Gasteiger charge is 2.23. The first-order valence-corrected chi connectivity index (χ1v) is 7.16. The summed E-state index contributed by atoms with van der Waals surface area (Å²) in [6, 6.07) is 12.2. The molecule has 1 aliphatic heterocycles. The Morgan fingerprint density at radius 1 is 1.06 bits per heavy atom. The number of nitrogens with zero attached hydrogens (tertiary/aromatic N) is 1. The second-order valence-electron chi connectivity index (χ2n) is 4.53. The molecule has 3 heteroatoms. The molecule has 2 aromatic rings. The molecule has 1 aliphatic rings. The molecule has 1 aromatic heterocycles. The van der Waals surface area contributed by atoms with Crippen LogP contribution in [0.2, 0.25) is 0 Å². The molecule has 0 atom stereocenters. The lowest BCUT2D eigenvalue weighted by atomic mass is 10.1. The fourth-order valence-electron chi connectivity index (χ4n) is 2.38. The number of rotatable bonds is 2. The van der Waals surface area contributed by atoms with Crippen LogP contribution in [0.15, 0.2) is 41.8 Å². The van der Waals surface area contributed by atoms with E-state index in [1.54, 1.807) is 11.3 Å². The van der Waals surface area contributed by atoms with Crippen LogP contribution in [-0.2, 0) is 0 Å². The van der Waals surface area contributed by atoms with E-state index in [9.17, 15) is 4.79 Å². The number of amides is 1. The Morgan fingerprint density at radius 2 is 1.78 bits per heavy atom. The molecule has 1 fully saturated rings. The lowest BCUT2D eigenvalue weighted by Gasteiger charge is -2.15. The Labute approximate surface area is 111 Å². The lowest BCUT2D eigenvalue weighted by Crippen LogP contribution is -2.27. The molecule has 2 nitrogen and oxygen atoms in total. The monoisotopic (exact) mass is 257 g/mol. The molecule has 92 valence electrons. The summed E-state index contributed by atoms with van der Waals surface area (Å²) in [6.45, 7) is 1.82. The zero-order valence-corrected chi connectivity index (χ0v) is 11.0. The van der Waals surface area contributed by atoms with E-state index in [4.69, 9.17) is 0 Å². The van der Waals surface area contributed by atoms with Gasteiger partial charge in [0.1, 0.15) is 0 Å². The van der Waals surface area contributed by atoms with Gasteiger partial charge in [0.15, 0.2) is 0 Å². The molecule has 18 heavy (non-hydrogen) atoms. The number of carbonyl (C=O) groups is 1. The van der Waals surface area contributed by atoms with Gasteiger partial charge in [-0.3, -0.25) is 4.79 Å². The summed E-state index contributed by atoms with van der Waals surface area (Å²) in [4.78, 5) is 15.3. The number of benzene rings is 1. The Bertz CT molecular complexity index is 541. The molecule has 3 rings (SSSR count). The van der Waals surface area contributed by atoms with Crippen molar-refractivity contribution in [2.75, 3.05) is 13.1 Å². The minimum Gasteiger partial charge on any atom is -0.338 e. The first kappa shape index (κ1) is 11.5. The SMILES string of the molecule is O=C(c1sccc1-c1ccccc1)N1CCCC1. The molecule has 0 N–H and O–H groups in total. The predicted molar refractivity (Wildman–Crippen MR) is 74.9 cm³/mol. The first-order valence-electron chi connectivity index (χ1n) is 6.28.